The van der Waals surface area contributed by atoms with Gasteiger partial charge in [-0.25, -0.2) is 0 Å². The van der Waals surface area contributed by atoms with Gasteiger partial charge in [0.05, 0.1) is 11.7 Å². The van der Waals surface area contributed by atoms with Crippen molar-refractivity contribution < 1.29 is 19.8 Å². The summed E-state index contributed by atoms with van der Waals surface area (Å²) in [5, 5.41) is 0. The Labute approximate surface area is 188 Å². The number of carbonyl (C=O) groups excluding carboxylic acids is 1. The van der Waals surface area contributed by atoms with Gasteiger partial charge >= 0.3 is 7.12 Å². The predicted molar refractivity (Wildman–Crippen MR) is 124 cm³/mol. The average Bonchev–Trinajstić information content (AvgIpc) is 3.11. The van der Waals surface area contributed by atoms with Crippen molar-refractivity contribution in [3.05, 3.63) is 35.9 Å². The first-order chi connectivity index (χ1) is 14.8. The van der Waals surface area contributed by atoms with Crippen LogP contribution in [0.25, 0.3) is 0 Å². The first-order valence-electron chi connectivity index (χ1n) is 12.5. The van der Waals surface area contributed by atoms with Gasteiger partial charge in [-0.3, -0.25) is 4.79 Å². The molecule has 0 radical (unpaired) electrons. The maximum Gasteiger partial charge on any atom is 0.465 e. The number of unbranched alkanes of at least 4 members (excludes halogenated alkanes) is 2. The summed E-state index contributed by atoms with van der Waals surface area (Å²) in [6.45, 7) is 9.25. The van der Waals surface area contributed by atoms with Crippen molar-refractivity contribution in [2.24, 2.45) is 17.3 Å². The average molecular weight is 426 g/mol. The van der Waals surface area contributed by atoms with Crippen molar-refractivity contribution >= 4 is 12.9 Å². The van der Waals surface area contributed by atoms with E-state index < -0.39 is 0 Å². The number of ketones is 1. The molecule has 3 aliphatic carbocycles. The number of quaternary nitrogens is 1. The highest BCUT2D eigenvalue weighted by Gasteiger charge is 2.68. The molecule has 0 aromatic heterocycles. The number of Topliss-reactive ketones (excluding diaryl/α,β-unsaturated/α-hetero) is 1. The van der Waals surface area contributed by atoms with Crippen molar-refractivity contribution in [2.75, 3.05) is 0 Å². The predicted octanol–water partition coefficient (Wildman–Crippen LogP) is 4.58. The van der Waals surface area contributed by atoms with E-state index in [0.29, 0.717) is 17.8 Å². The second kappa shape index (κ2) is 9.00. The molecule has 1 heterocycles. The summed E-state index contributed by atoms with van der Waals surface area (Å²) in [4.78, 5) is 12.8. The normalized spacial score (nSPS) is 32.8. The van der Waals surface area contributed by atoms with E-state index >= 15 is 0 Å². The van der Waals surface area contributed by atoms with Crippen LogP contribution in [0.2, 0.25) is 0 Å². The third kappa shape index (κ3) is 4.26. The Bertz CT molecular complexity index is 769. The lowest BCUT2D eigenvalue weighted by atomic mass is 9.43. The summed E-state index contributed by atoms with van der Waals surface area (Å²) >= 11 is 0. The summed E-state index contributed by atoms with van der Waals surface area (Å²) in [6, 6.07) is 10.4. The van der Waals surface area contributed by atoms with Crippen LogP contribution in [0.4, 0.5) is 0 Å². The highest BCUT2D eigenvalue weighted by molar-refractivity contribution is 6.47. The largest absolute Gasteiger partial charge is 0.465 e. The fourth-order valence-corrected chi connectivity index (χ4v) is 6.53. The number of rotatable bonds is 10. The SMILES string of the molecule is CCCCC[C@H]([NH3+])C(=O)CC[C@H](B1OC2CC3CC(C3(C)C)[C@@]2(C)O1)c1ccccc1. The van der Waals surface area contributed by atoms with Crippen molar-refractivity contribution in [2.45, 2.75) is 103 Å². The van der Waals surface area contributed by atoms with E-state index in [1.165, 1.54) is 24.8 Å². The second-order valence-electron chi connectivity index (χ2n) is 11.1. The first kappa shape index (κ1) is 23.0. The molecule has 4 aliphatic rings. The topological polar surface area (TPSA) is 63.2 Å². The summed E-state index contributed by atoms with van der Waals surface area (Å²) in [7, 11) is -0.274. The Balaban J connectivity index is 1.45. The molecule has 0 amide bonds. The van der Waals surface area contributed by atoms with Gasteiger partial charge in [-0.2, -0.15) is 0 Å². The maximum atomic E-state index is 12.8. The van der Waals surface area contributed by atoms with Gasteiger partial charge in [-0.15, -0.1) is 0 Å². The van der Waals surface area contributed by atoms with E-state index in [9.17, 15) is 4.79 Å². The smallest absolute Gasteiger partial charge is 0.405 e. The Morgan fingerprint density at radius 2 is 1.90 bits per heavy atom. The second-order valence-corrected chi connectivity index (χ2v) is 11.1. The van der Waals surface area contributed by atoms with Gasteiger partial charge < -0.3 is 15.0 Å². The Hall–Kier alpha value is -1.17. The summed E-state index contributed by atoms with van der Waals surface area (Å²) in [5.74, 6) is 1.65. The van der Waals surface area contributed by atoms with Gasteiger partial charge in [0.2, 0.25) is 0 Å². The Morgan fingerprint density at radius 1 is 1.16 bits per heavy atom. The van der Waals surface area contributed by atoms with Gasteiger partial charge in [0, 0.05) is 18.7 Å². The molecular formula is C26H41BNO3+. The van der Waals surface area contributed by atoms with Gasteiger partial charge in [-0.05, 0) is 55.4 Å². The molecule has 1 aliphatic heterocycles. The highest BCUT2D eigenvalue weighted by atomic mass is 16.7. The minimum absolute atomic E-state index is 0.0794. The first-order valence-corrected chi connectivity index (χ1v) is 12.5. The third-order valence-corrected chi connectivity index (χ3v) is 8.84. The van der Waals surface area contributed by atoms with Crippen LogP contribution in [-0.4, -0.2) is 30.6 Å². The summed E-state index contributed by atoms with van der Waals surface area (Å²) in [5.41, 5.74) is 5.48. The zero-order valence-electron chi connectivity index (χ0n) is 19.9. The van der Waals surface area contributed by atoms with Crippen LogP contribution in [-0.2, 0) is 14.1 Å². The van der Waals surface area contributed by atoms with Crippen LogP contribution in [0.3, 0.4) is 0 Å². The molecule has 5 heteroatoms. The lowest BCUT2D eigenvalue weighted by Crippen LogP contribution is -2.65. The number of hydrogen-bond donors (Lipinski definition) is 1. The van der Waals surface area contributed by atoms with Crippen molar-refractivity contribution in [3.63, 3.8) is 0 Å². The molecule has 4 fully saturated rings. The molecule has 0 spiro atoms. The fraction of sp³-hybridized carbons (Fsp3) is 0.731. The number of carbonyl (C=O) groups is 1. The van der Waals surface area contributed by atoms with Crippen molar-refractivity contribution in [1.82, 2.24) is 0 Å². The zero-order valence-corrected chi connectivity index (χ0v) is 19.9. The Morgan fingerprint density at radius 3 is 2.58 bits per heavy atom. The molecule has 1 saturated heterocycles. The van der Waals surface area contributed by atoms with Crippen LogP contribution >= 0.6 is 0 Å². The number of hydrogen-bond acceptors (Lipinski definition) is 3. The molecule has 3 saturated carbocycles. The molecule has 3 unspecified atom stereocenters. The number of benzene rings is 1. The van der Waals surface area contributed by atoms with Crippen LogP contribution < -0.4 is 5.73 Å². The molecule has 1 aromatic carbocycles. The minimum Gasteiger partial charge on any atom is -0.405 e. The van der Waals surface area contributed by atoms with Crippen LogP contribution in [0.5, 0.6) is 0 Å². The molecule has 2 bridgehead atoms. The van der Waals surface area contributed by atoms with E-state index in [-0.39, 0.29) is 36.5 Å². The third-order valence-electron chi connectivity index (χ3n) is 8.84. The van der Waals surface area contributed by atoms with Gasteiger partial charge in [-0.1, -0.05) is 63.9 Å². The minimum atomic E-state index is -0.274. The maximum absolute atomic E-state index is 12.8. The highest BCUT2D eigenvalue weighted by Crippen LogP contribution is 2.66. The molecular weight excluding hydrogens is 385 g/mol. The van der Waals surface area contributed by atoms with Gasteiger partial charge in [0.15, 0.2) is 5.78 Å². The van der Waals surface area contributed by atoms with E-state index in [1.54, 1.807) is 0 Å². The van der Waals surface area contributed by atoms with Crippen LogP contribution in [0, 0.1) is 17.3 Å². The lowest BCUT2D eigenvalue weighted by molar-refractivity contribution is -0.404. The fourth-order valence-electron chi connectivity index (χ4n) is 6.53. The van der Waals surface area contributed by atoms with Crippen molar-refractivity contribution in [3.8, 4) is 0 Å². The monoisotopic (exact) mass is 426 g/mol. The molecule has 5 rings (SSSR count). The van der Waals surface area contributed by atoms with E-state index in [4.69, 9.17) is 9.31 Å². The molecule has 1 aromatic rings. The molecule has 6 atom stereocenters. The van der Waals surface area contributed by atoms with Crippen molar-refractivity contribution in [1.29, 1.82) is 0 Å². The van der Waals surface area contributed by atoms with E-state index in [0.717, 1.165) is 31.6 Å². The quantitative estimate of drug-likeness (QED) is 0.440. The van der Waals surface area contributed by atoms with Crippen LogP contribution in [0.15, 0.2) is 30.3 Å². The standard InChI is InChI=1S/C26H40BNO3/c1-5-6-8-13-21(28)22(29)15-14-20(18-11-9-7-10-12-18)27-30-24-17-19-16-23(25(19,2)3)26(24,4)31-27/h7,9-12,19-21,23-24H,5-6,8,13-17,28H2,1-4H3/p+1/t19?,20-,21-,23?,24?,26+/m0/s1. The zero-order chi connectivity index (χ0) is 22.2. The molecule has 31 heavy (non-hydrogen) atoms. The summed E-state index contributed by atoms with van der Waals surface area (Å²) < 4.78 is 13.4. The molecule has 3 N–H and O–H groups in total. The lowest BCUT2D eigenvalue weighted by Gasteiger charge is -2.64. The van der Waals surface area contributed by atoms with E-state index in [1.807, 2.05) is 6.07 Å². The molecule has 170 valence electrons. The molecule has 4 nitrogen and oxygen atoms in total. The Kier molecular flexibility index (Phi) is 6.68. The van der Waals surface area contributed by atoms with Gasteiger partial charge in [0.25, 0.3) is 0 Å². The van der Waals surface area contributed by atoms with E-state index in [2.05, 4.69) is 57.7 Å². The van der Waals surface area contributed by atoms with Crippen LogP contribution in [0.1, 0.15) is 90.4 Å². The van der Waals surface area contributed by atoms with Gasteiger partial charge in [0.1, 0.15) is 6.04 Å². The summed E-state index contributed by atoms with van der Waals surface area (Å²) in [6.07, 6.45) is 8.16.